The van der Waals surface area contributed by atoms with Gasteiger partial charge in [0.05, 0.1) is 35.5 Å². The molecule has 1 atom stereocenters. The van der Waals surface area contributed by atoms with E-state index in [0.717, 1.165) is 35.4 Å². The molecule has 45 heavy (non-hydrogen) atoms. The Morgan fingerprint density at radius 2 is 1.78 bits per heavy atom. The number of halogens is 3. The third-order valence-electron chi connectivity index (χ3n) is 7.33. The molecule has 0 bridgehead atoms. The van der Waals surface area contributed by atoms with Gasteiger partial charge in [0.1, 0.15) is 5.60 Å². The van der Waals surface area contributed by atoms with Crippen molar-refractivity contribution < 1.29 is 27.5 Å². The molecule has 1 fully saturated rings. The Labute approximate surface area is 258 Å². The number of nitrogens with zero attached hydrogens (tertiary/aromatic N) is 6. The number of amides is 2. The summed E-state index contributed by atoms with van der Waals surface area (Å²) < 4.78 is 46.5. The van der Waals surface area contributed by atoms with Gasteiger partial charge in [-0.05, 0) is 75.6 Å². The van der Waals surface area contributed by atoms with Gasteiger partial charge in [-0.1, -0.05) is 12.1 Å². The highest BCUT2D eigenvalue weighted by Crippen LogP contribution is 2.34. The van der Waals surface area contributed by atoms with Crippen LogP contribution in [-0.2, 0) is 18.0 Å². The number of alkyl halides is 3. The van der Waals surface area contributed by atoms with E-state index in [1.807, 2.05) is 13.0 Å². The van der Waals surface area contributed by atoms with E-state index in [9.17, 15) is 22.8 Å². The Hall–Kier alpha value is -4.94. The van der Waals surface area contributed by atoms with Gasteiger partial charge in [-0.3, -0.25) is 9.48 Å². The highest BCUT2D eigenvalue weighted by molar-refractivity contribution is 6.04. The molecule has 1 aliphatic heterocycles. The van der Waals surface area contributed by atoms with Crippen molar-refractivity contribution in [3.63, 3.8) is 0 Å². The van der Waals surface area contributed by atoms with Gasteiger partial charge in [-0.25, -0.2) is 19.7 Å². The number of hydrogen-bond donors (Lipinski definition) is 1. The lowest BCUT2D eigenvalue weighted by atomic mass is 9.92. The van der Waals surface area contributed by atoms with E-state index in [0.29, 0.717) is 24.3 Å². The summed E-state index contributed by atoms with van der Waals surface area (Å²) >= 11 is 0. The molecule has 3 heterocycles. The molecule has 5 rings (SSSR count). The largest absolute Gasteiger partial charge is 0.443 e. The number of carbonyl (C=O) groups excluding carboxylic acids is 2. The van der Waals surface area contributed by atoms with Crippen LogP contribution in [0.1, 0.15) is 60.2 Å². The smallest absolute Gasteiger partial charge is 0.422 e. The van der Waals surface area contributed by atoms with Crippen molar-refractivity contribution >= 4 is 35.0 Å². The number of anilines is 4. The Bertz CT molecular complexity index is 1700. The summed E-state index contributed by atoms with van der Waals surface area (Å²) in [5, 5.41) is 6.74. The van der Waals surface area contributed by atoms with E-state index >= 15 is 0 Å². The zero-order valence-electron chi connectivity index (χ0n) is 25.6. The van der Waals surface area contributed by atoms with Crippen LogP contribution in [0, 0.1) is 6.92 Å². The number of rotatable bonds is 6. The van der Waals surface area contributed by atoms with Crippen molar-refractivity contribution in [3.05, 3.63) is 89.5 Å². The molecule has 0 saturated carbocycles. The summed E-state index contributed by atoms with van der Waals surface area (Å²) in [6.45, 7) is 8.65. The molecular weight excluding hydrogens is 587 g/mol. The third kappa shape index (κ3) is 7.41. The minimum absolute atomic E-state index is 0.0706. The lowest BCUT2D eigenvalue weighted by molar-refractivity contribution is -0.137. The first-order valence-corrected chi connectivity index (χ1v) is 14.4. The fourth-order valence-corrected chi connectivity index (χ4v) is 5.17. The van der Waals surface area contributed by atoms with Gasteiger partial charge in [-0.15, -0.1) is 0 Å². The van der Waals surface area contributed by atoms with Crippen molar-refractivity contribution in [2.45, 2.75) is 51.8 Å². The minimum Gasteiger partial charge on any atom is -0.443 e. The molecule has 236 valence electrons. The van der Waals surface area contributed by atoms with Gasteiger partial charge < -0.3 is 15.0 Å². The highest BCUT2D eigenvalue weighted by Gasteiger charge is 2.31. The van der Waals surface area contributed by atoms with E-state index in [4.69, 9.17) is 4.74 Å². The van der Waals surface area contributed by atoms with E-state index < -0.39 is 29.3 Å². The normalized spacial score (nSPS) is 15.2. The SMILES string of the molecule is Cc1ccc(C(=O)Nc2cccc(C(F)(F)F)c2)cc1[C@@H]1CCN(c2cnc(N(C(=O)OC(C)(C)C)c3cnn(C)c3)nc2)C1. The van der Waals surface area contributed by atoms with Crippen LogP contribution in [0.15, 0.2) is 67.3 Å². The van der Waals surface area contributed by atoms with Gasteiger partial charge in [0, 0.05) is 43.5 Å². The van der Waals surface area contributed by atoms with Crippen molar-refractivity contribution in [1.29, 1.82) is 0 Å². The zero-order chi connectivity index (χ0) is 32.5. The van der Waals surface area contributed by atoms with Gasteiger partial charge in [0.25, 0.3) is 5.91 Å². The van der Waals surface area contributed by atoms with Gasteiger partial charge in [-0.2, -0.15) is 18.3 Å². The average molecular weight is 622 g/mol. The average Bonchev–Trinajstić information content (AvgIpc) is 3.62. The maximum absolute atomic E-state index is 13.1. The molecule has 0 aliphatic carbocycles. The second-order valence-corrected chi connectivity index (χ2v) is 12.0. The third-order valence-corrected chi connectivity index (χ3v) is 7.33. The second kappa shape index (κ2) is 12.2. The molecule has 13 heteroatoms. The molecule has 4 aromatic rings. The summed E-state index contributed by atoms with van der Waals surface area (Å²) in [6.07, 6.45) is 2.19. The molecule has 2 amide bonds. The topological polar surface area (TPSA) is 105 Å². The first-order chi connectivity index (χ1) is 21.2. The van der Waals surface area contributed by atoms with Crippen LogP contribution in [0.2, 0.25) is 0 Å². The molecule has 10 nitrogen and oxygen atoms in total. The maximum Gasteiger partial charge on any atom is 0.422 e. The molecule has 1 aliphatic rings. The van der Waals surface area contributed by atoms with Crippen LogP contribution in [0.25, 0.3) is 0 Å². The summed E-state index contributed by atoms with van der Waals surface area (Å²) in [4.78, 5) is 38.4. The Morgan fingerprint density at radius 1 is 1.04 bits per heavy atom. The number of carbonyl (C=O) groups is 2. The van der Waals surface area contributed by atoms with Crippen molar-refractivity contribution in [1.82, 2.24) is 19.7 Å². The van der Waals surface area contributed by atoms with Crippen molar-refractivity contribution in [2.24, 2.45) is 7.05 Å². The standard InChI is InChI=1S/C32H34F3N7O3/c1-20-9-10-21(28(43)39-24-8-6-7-23(14-24)32(33,34)35)13-27(20)22-11-12-41(18-22)25-15-36-29(37-16-25)42(26-17-38-40(5)19-26)30(44)45-31(2,3)4/h6-10,13-17,19,22H,11-12,18H2,1-5H3,(H,39,43)/t22-/m1/s1. The van der Waals surface area contributed by atoms with Gasteiger partial charge >= 0.3 is 12.3 Å². The second-order valence-electron chi connectivity index (χ2n) is 12.0. The van der Waals surface area contributed by atoms with Crippen LogP contribution in [-0.4, -0.2) is 50.4 Å². The van der Waals surface area contributed by atoms with Crippen LogP contribution in [0.5, 0.6) is 0 Å². The molecule has 0 unspecified atom stereocenters. The highest BCUT2D eigenvalue weighted by atomic mass is 19.4. The van der Waals surface area contributed by atoms with E-state index in [1.165, 1.54) is 23.2 Å². The lowest BCUT2D eigenvalue weighted by Crippen LogP contribution is -2.34. The van der Waals surface area contributed by atoms with Crippen LogP contribution in [0.4, 0.5) is 41.0 Å². The number of benzene rings is 2. The first kappa shape index (κ1) is 31.5. The van der Waals surface area contributed by atoms with Gasteiger partial charge in [0.15, 0.2) is 0 Å². The molecule has 2 aromatic heterocycles. The predicted molar refractivity (Wildman–Crippen MR) is 164 cm³/mol. The Balaban J connectivity index is 1.30. The summed E-state index contributed by atoms with van der Waals surface area (Å²) in [5.41, 5.74) is 2.10. The maximum atomic E-state index is 13.1. The Morgan fingerprint density at radius 3 is 2.42 bits per heavy atom. The predicted octanol–water partition coefficient (Wildman–Crippen LogP) is 6.86. The summed E-state index contributed by atoms with van der Waals surface area (Å²) in [5.74, 6) is -0.246. The number of ether oxygens (including phenoxy) is 1. The van der Waals surface area contributed by atoms with Crippen molar-refractivity contribution in [3.8, 4) is 0 Å². The minimum atomic E-state index is -4.51. The van der Waals surface area contributed by atoms with Crippen LogP contribution < -0.4 is 15.1 Å². The van der Waals surface area contributed by atoms with E-state index in [1.54, 1.807) is 63.2 Å². The molecule has 1 saturated heterocycles. The number of hydrogen-bond acceptors (Lipinski definition) is 7. The van der Waals surface area contributed by atoms with Gasteiger partial charge in [0.2, 0.25) is 5.95 Å². The number of nitrogens with one attached hydrogen (secondary N) is 1. The fraction of sp³-hybridized carbons (Fsp3) is 0.344. The fourth-order valence-electron chi connectivity index (χ4n) is 5.17. The van der Waals surface area contributed by atoms with Crippen LogP contribution >= 0.6 is 0 Å². The molecule has 2 aromatic carbocycles. The Kier molecular flexibility index (Phi) is 8.55. The van der Waals surface area contributed by atoms with Crippen molar-refractivity contribution in [2.75, 3.05) is 28.2 Å². The van der Waals surface area contributed by atoms with Crippen LogP contribution in [0.3, 0.4) is 0 Å². The van der Waals surface area contributed by atoms with E-state index in [2.05, 4.69) is 25.3 Å². The summed E-state index contributed by atoms with van der Waals surface area (Å²) in [6, 6.07) is 9.88. The molecule has 0 radical (unpaired) electrons. The first-order valence-electron chi connectivity index (χ1n) is 14.4. The quantitative estimate of drug-likeness (QED) is 0.251. The number of aromatic nitrogens is 4. The zero-order valence-corrected chi connectivity index (χ0v) is 25.6. The number of aryl methyl sites for hydroxylation is 2. The molecule has 1 N–H and O–H groups in total. The molecular formula is C32H34F3N7O3. The molecule has 0 spiro atoms. The summed E-state index contributed by atoms with van der Waals surface area (Å²) in [7, 11) is 1.74. The monoisotopic (exact) mass is 621 g/mol. The van der Waals surface area contributed by atoms with E-state index in [-0.39, 0.29) is 17.6 Å². The lowest BCUT2D eigenvalue weighted by Gasteiger charge is -2.25.